The Balaban J connectivity index is 2.22. The van der Waals surface area contributed by atoms with Gasteiger partial charge in [-0.3, -0.25) is 4.79 Å². The third-order valence-corrected chi connectivity index (χ3v) is 2.97. The minimum absolute atomic E-state index is 0.224. The molecule has 2 nitrogen and oxygen atoms in total. The standard InChI is InChI=1S/C11H21NO/c1-3-6-11(13)12-9(2)10-7-4-5-8-10/h9-10H,3-8H2,1-2H3,(H,12,13)/t9-/m1/s1. The van der Waals surface area contributed by atoms with Gasteiger partial charge in [0.15, 0.2) is 0 Å². The second-order valence-corrected chi connectivity index (χ2v) is 4.15. The molecule has 1 amide bonds. The van der Waals surface area contributed by atoms with Crippen LogP contribution in [0.4, 0.5) is 0 Å². The third kappa shape index (κ3) is 3.37. The highest BCUT2D eigenvalue weighted by atomic mass is 16.1. The third-order valence-electron chi connectivity index (χ3n) is 2.97. The Kier molecular flexibility index (Phi) is 4.26. The summed E-state index contributed by atoms with van der Waals surface area (Å²) in [5, 5.41) is 3.08. The van der Waals surface area contributed by atoms with Crippen LogP contribution in [0.2, 0.25) is 0 Å². The summed E-state index contributed by atoms with van der Waals surface area (Å²) in [6.07, 6.45) is 6.92. The summed E-state index contributed by atoms with van der Waals surface area (Å²) < 4.78 is 0. The van der Waals surface area contributed by atoms with Gasteiger partial charge in [0.25, 0.3) is 0 Å². The van der Waals surface area contributed by atoms with E-state index in [1.807, 2.05) is 6.92 Å². The Morgan fingerprint density at radius 3 is 2.62 bits per heavy atom. The van der Waals surface area contributed by atoms with E-state index >= 15 is 0 Å². The second kappa shape index (κ2) is 5.25. The molecule has 2 heteroatoms. The summed E-state index contributed by atoms with van der Waals surface area (Å²) in [4.78, 5) is 11.3. The average Bonchev–Trinajstić information content (AvgIpc) is 2.55. The Morgan fingerprint density at radius 1 is 1.46 bits per heavy atom. The zero-order valence-electron chi connectivity index (χ0n) is 8.81. The average molecular weight is 183 g/mol. The van der Waals surface area contributed by atoms with Crippen molar-refractivity contribution in [2.24, 2.45) is 5.92 Å². The molecule has 0 unspecified atom stereocenters. The molecule has 0 aromatic carbocycles. The van der Waals surface area contributed by atoms with E-state index < -0.39 is 0 Å². The van der Waals surface area contributed by atoms with Crippen LogP contribution in [0.25, 0.3) is 0 Å². The highest BCUT2D eigenvalue weighted by Gasteiger charge is 2.22. The van der Waals surface area contributed by atoms with Crippen molar-refractivity contribution < 1.29 is 4.79 Å². The van der Waals surface area contributed by atoms with Crippen molar-refractivity contribution in [1.82, 2.24) is 5.32 Å². The van der Waals surface area contributed by atoms with Gasteiger partial charge in [-0.1, -0.05) is 19.8 Å². The zero-order chi connectivity index (χ0) is 9.68. The van der Waals surface area contributed by atoms with Crippen LogP contribution in [-0.4, -0.2) is 11.9 Å². The van der Waals surface area contributed by atoms with Crippen LogP contribution < -0.4 is 5.32 Å². The van der Waals surface area contributed by atoms with Gasteiger partial charge in [0, 0.05) is 12.5 Å². The summed E-state index contributed by atoms with van der Waals surface area (Å²) in [5.74, 6) is 0.961. The highest BCUT2D eigenvalue weighted by Crippen LogP contribution is 2.27. The van der Waals surface area contributed by atoms with Crippen LogP contribution in [0.5, 0.6) is 0 Å². The van der Waals surface area contributed by atoms with Gasteiger partial charge in [0.05, 0.1) is 0 Å². The number of carbonyl (C=O) groups is 1. The second-order valence-electron chi connectivity index (χ2n) is 4.15. The van der Waals surface area contributed by atoms with Crippen molar-refractivity contribution in [3.05, 3.63) is 0 Å². The predicted octanol–water partition coefficient (Wildman–Crippen LogP) is 2.48. The van der Waals surface area contributed by atoms with Gasteiger partial charge < -0.3 is 5.32 Å². The maximum absolute atomic E-state index is 11.3. The number of carbonyl (C=O) groups excluding carboxylic acids is 1. The van der Waals surface area contributed by atoms with Gasteiger partial charge in [-0.2, -0.15) is 0 Å². The predicted molar refractivity (Wildman–Crippen MR) is 54.5 cm³/mol. The quantitative estimate of drug-likeness (QED) is 0.712. The lowest BCUT2D eigenvalue weighted by Crippen LogP contribution is -2.36. The lowest BCUT2D eigenvalue weighted by atomic mass is 10.00. The fourth-order valence-corrected chi connectivity index (χ4v) is 2.13. The minimum Gasteiger partial charge on any atom is -0.353 e. The molecule has 0 bridgehead atoms. The first kappa shape index (κ1) is 10.6. The number of hydrogen-bond donors (Lipinski definition) is 1. The molecular formula is C11H21NO. The Hall–Kier alpha value is -0.530. The molecule has 1 aliphatic carbocycles. The molecule has 1 aliphatic rings. The summed E-state index contributed by atoms with van der Waals surface area (Å²) >= 11 is 0. The van der Waals surface area contributed by atoms with Crippen LogP contribution in [0, 0.1) is 5.92 Å². The molecule has 0 radical (unpaired) electrons. The van der Waals surface area contributed by atoms with Gasteiger partial charge >= 0.3 is 0 Å². The minimum atomic E-state index is 0.224. The topological polar surface area (TPSA) is 29.1 Å². The van der Waals surface area contributed by atoms with E-state index in [-0.39, 0.29) is 5.91 Å². The van der Waals surface area contributed by atoms with Crippen LogP contribution in [-0.2, 0) is 4.79 Å². The lowest BCUT2D eigenvalue weighted by molar-refractivity contribution is -0.122. The molecule has 13 heavy (non-hydrogen) atoms. The molecule has 0 aromatic rings. The van der Waals surface area contributed by atoms with E-state index in [0.717, 1.165) is 12.3 Å². The van der Waals surface area contributed by atoms with E-state index in [9.17, 15) is 4.79 Å². The molecule has 1 rings (SSSR count). The van der Waals surface area contributed by atoms with Gasteiger partial charge in [-0.25, -0.2) is 0 Å². The summed E-state index contributed by atoms with van der Waals surface area (Å²) in [6, 6.07) is 0.390. The molecule has 76 valence electrons. The normalized spacial score (nSPS) is 20.2. The smallest absolute Gasteiger partial charge is 0.220 e. The number of hydrogen-bond acceptors (Lipinski definition) is 1. The number of nitrogens with one attached hydrogen (secondary N) is 1. The molecular weight excluding hydrogens is 162 g/mol. The summed E-state index contributed by atoms with van der Waals surface area (Å²) in [7, 11) is 0. The van der Waals surface area contributed by atoms with E-state index in [1.165, 1.54) is 25.7 Å². The first-order chi connectivity index (χ1) is 6.24. The molecule has 0 heterocycles. The summed E-state index contributed by atoms with van der Waals surface area (Å²) in [5.41, 5.74) is 0. The molecule has 1 N–H and O–H groups in total. The number of amides is 1. The van der Waals surface area contributed by atoms with Crippen LogP contribution in [0.3, 0.4) is 0 Å². The fourth-order valence-electron chi connectivity index (χ4n) is 2.13. The monoisotopic (exact) mass is 183 g/mol. The first-order valence-electron chi connectivity index (χ1n) is 5.53. The van der Waals surface area contributed by atoms with Crippen molar-refractivity contribution in [2.75, 3.05) is 0 Å². The van der Waals surface area contributed by atoms with Crippen LogP contribution in [0.1, 0.15) is 52.4 Å². The van der Waals surface area contributed by atoms with E-state index in [4.69, 9.17) is 0 Å². The summed E-state index contributed by atoms with van der Waals surface area (Å²) in [6.45, 7) is 4.18. The zero-order valence-corrected chi connectivity index (χ0v) is 8.81. The lowest BCUT2D eigenvalue weighted by Gasteiger charge is -2.20. The Morgan fingerprint density at radius 2 is 2.08 bits per heavy atom. The fraction of sp³-hybridized carbons (Fsp3) is 0.909. The van der Waals surface area contributed by atoms with Crippen molar-refractivity contribution in [1.29, 1.82) is 0 Å². The van der Waals surface area contributed by atoms with Gasteiger partial charge in [0.2, 0.25) is 5.91 Å². The molecule has 0 saturated heterocycles. The van der Waals surface area contributed by atoms with E-state index in [2.05, 4.69) is 12.2 Å². The molecule has 0 spiro atoms. The number of rotatable bonds is 4. The van der Waals surface area contributed by atoms with Crippen molar-refractivity contribution in [3.8, 4) is 0 Å². The van der Waals surface area contributed by atoms with E-state index in [0.29, 0.717) is 12.5 Å². The maximum atomic E-state index is 11.3. The molecule has 1 saturated carbocycles. The molecule has 1 fully saturated rings. The van der Waals surface area contributed by atoms with Crippen molar-refractivity contribution >= 4 is 5.91 Å². The van der Waals surface area contributed by atoms with Gasteiger partial charge in [-0.15, -0.1) is 0 Å². The Bertz CT molecular complexity index is 161. The highest BCUT2D eigenvalue weighted by molar-refractivity contribution is 5.76. The van der Waals surface area contributed by atoms with Crippen LogP contribution in [0.15, 0.2) is 0 Å². The molecule has 0 aromatic heterocycles. The Labute approximate surface area is 81.1 Å². The van der Waals surface area contributed by atoms with Crippen molar-refractivity contribution in [2.45, 2.75) is 58.4 Å². The van der Waals surface area contributed by atoms with E-state index in [1.54, 1.807) is 0 Å². The molecule has 1 atom stereocenters. The molecule has 0 aliphatic heterocycles. The largest absolute Gasteiger partial charge is 0.353 e. The van der Waals surface area contributed by atoms with Crippen LogP contribution >= 0.6 is 0 Å². The maximum Gasteiger partial charge on any atom is 0.220 e. The van der Waals surface area contributed by atoms with Gasteiger partial charge in [0.1, 0.15) is 0 Å². The first-order valence-corrected chi connectivity index (χ1v) is 5.53. The van der Waals surface area contributed by atoms with Crippen molar-refractivity contribution in [3.63, 3.8) is 0 Å². The SMILES string of the molecule is CCCC(=O)N[C@H](C)C1CCCC1. The van der Waals surface area contributed by atoms with Gasteiger partial charge in [-0.05, 0) is 32.1 Å².